The van der Waals surface area contributed by atoms with E-state index in [1.54, 1.807) is 30.3 Å². The number of benzene rings is 1. The molecule has 0 spiro atoms. The predicted octanol–water partition coefficient (Wildman–Crippen LogP) is 2.21. The SMILES string of the molecule is C=CCOC(=O)[C@@H]1N2C(=O)[C@@H]([C@H](OC(C)=O)C(=O)c3ccccc3)[C@H]2SC1(C)C. The fourth-order valence-electron chi connectivity index (χ4n) is 3.76. The molecule has 1 aromatic rings. The minimum absolute atomic E-state index is 0.0504. The first-order valence-electron chi connectivity index (χ1n) is 9.23. The van der Waals surface area contributed by atoms with Crippen molar-refractivity contribution in [1.29, 1.82) is 0 Å². The first kappa shape index (κ1) is 21.1. The van der Waals surface area contributed by atoms with Gasteiger partial charge in [-0.05, 0) is 13.8 Å². The number of esters is 2. The third-order valence-electron chi connectivity index (χ3n) is 4.98. The fourth-order valence-corrected chi connectivity index (χ4v) is 5.46. The van der Waals surface area contributed by atoms with Crippen molar-refractivity contribution < 1.29 is 28.7 Å². The fraction of sp³-hybridized carbons (Fsp3) is 0.429. The molecule has 0 aliphatic carbocycles. The highest BCUT2D eigenvalue weighted by atomic mass is 32.2. The third kappa shape index (κ3) is 3.81. The summed E-state index contributed by atoms with van der Waals surface area (Å²) in [5.41, 5.74) is 0.356. The smallest absolute Gasteiger partial charge is 0.330 e. The number of nitrogens with zero attached hydrogens (tertiary/aromatic N) is 1. The van der Waals surface area contributed by atoms with Crippen LogP contribution in [0.3, 0.4) is 0 Å². The van der Waals surface area contributed by atoms with Crippen molar-refractivity contribution in [3.63, 3.8) is 0 Å². The van der Waals surface area contributed by atoms with Crippen LogP contribution >= 0.6 is 11.8 Å². The van der Waals surface area contributed by atoms with Gasteiger partial charge in [0.25, 0.3) is 0 Å². The van der Waals surface area contributed by atoms with E-state index in [4.69, 9.17) is 9.47 Å². The third-order valence-corrected chi connectivity index (χ3v) is 6.58. The van der Waals surface area contributed by atoms with Crippen LogP contribution in [0.15, 0.2) is 43.0 Å². The number of β-lactam (4-membered cyclic amide) rings is 1. The van der Waals surface area contributed by atoms with Gasteiger partial charge >= 0.3 is 11.9 Å². The molecule has 4 atom stereocenters. The monoisotopic (exact) mass is 417 g/mol. The van der Waals surface area contributed by atoms with Crippen molar-refractivity contribution in [3.05, 3.63) is 48.6 Å². The van der Waals surface area contributed by atoms with Crippen molar-refractivity contribution in [2.75, 3.05) is 6.61 Å². The summed E-state index contributed by atoms with van der Waals surface area (Å²) < 4.78 is 9.85. The Hall–Kier alpha value is -2.61. The lowest BCUT2D eigenvalue weighted by atomic mass is 9.84. The Morgan fingerprint density at radius 2 is 1.93 bits per heavy atom. The summed E-state index contributed by atoms with van der Waals surface area (Å²) in [6.07, 6.45) is 0.218. The van der Waals surface area contributed by atoms with Gasteiger partial charge in [-0.2, -0.15) is 0 Å². The van der Waals surface area contributed by atoms with Crippen LogP contribution in [0.25, 0.3) is 0 Å². The van der Waals surface area contributed by atoms with E-state index in [2.05, 4.69) is 6.58 Å². The Bertz CT molecular complexity index is 852. The maximum atomic E-state index is 13.0. The van der Waals surface area contributed by atoms with Crippen LogP contribution in [0.1, 0.15) is 31.1 Å². The molecule has 2 fully saturated rings. The number of thioether (sulfide) groups is 1. The van der Waals surface area contributed by atoms with Gasteiger partial charge in [0.15, 0.2) is 6.10 Å². The van der Waals surface area contributed by atoms with Crippen molar-refractivity contribution in [2.45, 2.75) is 43.0 Å². The van der Waals surface area contributed by atoms with Gasteiger partial charge < -0.3 is 14.4 Å². The minimum atomic E-state index is -1.24. The molecule has 2 aliphatic rings. The van der Waals surface area contributed by atoms with Crippen molar-refractivity contribution in [1.82, 2.24) is 4.90 Å². The Kier molecular flexibility index (Phi) is 5.84. The Morgan fingerprint density at radius 3 is 2.52 bits per heavy atom. The number of ketones is 1. The summed E-state index contributed by atoms with van der Waals surface area (Å²) in [5, 5.41) is -0.462. The average Bonchev–Trinajstić information content (AvgIpc) is 2.92. The van der Waals surface area contributed by atoms with Crippen LogP contribution in [0.2, 0.25) is 0 Å². The van der Waals surface area contributed by atoms with E-state index >= 15 is 0 Å². The first-order chi connectivity index (χ1) is 13.7. The Labute approximate surface area is 173 Å². The predicted molar refractivity (Wildman–Crippen MR) is 107 cm³/mol. The number of amides is 1. The molecule has 7 nitrogen and oxygen atoms in total. The summed E-state index contributed by atoms with van der Waals surface area (Å²) in [6.45, 7) is 8.47. The highest BCUT2D eigenvalue weighted by Gasteiger charge is 2.67. The Balaban J connectivity index is 1.88. The number of carbonyl (C=O) groups is 4. The first-order valence-corrected chi connectivity index (χ1v) is 10.1. The normalized spacial score (nSPS) is 25.4. The van der Waals surface area contributed by atoms with E-state index in [9.17, 15) is 19.2 Å². The lowest BCUT2D eigenvalue weighted by Crippen LogP contribution is -2.67. The highest BCUT2D eigenvalue weighted by Crippen LogP contribution is 2.54. The van der Waals surface area contributed by atoms with Gasteiger partial charge in [0.2, 0.25) is 11.7 Å². The van der Waals surface area contributed by atoms with Gasteiger partial charge in [0.05, 0.1) is 5.37 Å². The molecular weight excluding hydrogens is 394 g/mol. The molecule has 154 valence electrons. The average molecular weight is 417 g/mol. The van der Waals surface area contributed by atoms with Crippen LogP contribution < -0.4 is 0 Å². The largest absolute Gasteiger partial charge is 0.460 e. The van der Waals surface area contributed by atoms with E-state index in [0.717, 1.165) is 0 Å². The summed E-state index contributed by atoms with van der Waals surface area (Å²) in [7, 11) is 0. The molecule has 8 heteroatoms. The lowest BCUT2D eigenvalue weighted by Gasteiger charge is -2.46. The van der Waals surface area contributed by atoms with Gasteiger partial charge in [-0.1, -0.05) is 43.0 Å². The van der Waals surface area contributed by atoms with Crippen LogP contribution in [0.5, 0.6) is 0 Å². The maximum Gasteiger partial charge on any atom is 0.330 e. The molecule has 0 radical (unpaired) electrons. The molecule has 0 unspecified atom stereocenters. The second kappa shape index (κ2) is 8.02. The molecular formula is C21H23NO6S. The molecule has 0 bridgehead atoms. The summed E-state index contributed by atoms with van der Waals surface area (Å²) in [4.78, 5) is 51.7. The Morgan fingerprint density at radius 1 is 1.28 bits per heavy atom. The number of ether oxygens (including phenoxy) is 2. The number of hydrogen-bond donors (Lipinski definition) is 0. The molecule has 0 aromatic heterocycles. The molecule has 0 N–H and O–H groups in total. The van der Waals surface area contributed by atoms with Gasteiger partial charge in [-0.25, -0.2) is 4.79 Å². The molecule has 1 aromatic carbocycles. The van der Waals surface area contributed by atoms with Crippen LogP contribution in [0.4, 0.5) is 0 Å². The lowest BCUT2D eigenvalue weighted by molar-refractivity contribution is -0.173. The number of Topliss-reactive ketones (excluding diaryl/α,β-unsaturated/α-hetero) is 1. The topological polar surface area (TPSA) is 90.0 Å². The van der Waals surface area contributed by atoms with Crippen LogP contribution in [-0.4, -0.2) is 57.4 Å². The molecule has 1 amide bonds. The van der Waals surface area contributed by atoms with Gasteiger partial charge in [-0.3, -0.25) is 14.4 Å². The number of hydrogen-bond acceptors (Lipinski definition) is 7. The summed E-state index contributed by atoms with van der Waals surface area (Å²) in [5.74, 6) is -2.85. The molecule has 0 saturated carbocycles. The van der Waals surface area contributed by atoms with E-state index in [1.165, 1.54) is 29.7 Å². The summed E-state index contributed by atoms with van der Waals surface area (Å²) in [6, 6.07) is 7.61. The standard InChI is InChI=1S/C21H23NO6S/c1-5-11-27-20(26)17-21(3,4)29-19-14(18(25)22(17)19)16(28-12(2)23)15(24)13-9-7-6-8-10-13/h5-10,14,16-17,19H,1,11H2,2-4H3/t14-,16+,17+,19-/m1/s1. The van der Waals surface area contributed by atoms with Crippen molar-refractivity contribution in [2.24, 2.45) is 5.92 Å². The second-order valence-electron chi connectivity index (χ2n) is 7.46. The number of carbonyl (C=O) groups excluding carboxylic acids is 4. The quantitative estimate of drug-likeness (QED) is 0.291. The number of fused-ring (bicyclic) bond motifs is 1. The molecule has 29 heavy (non-hydrogen) atoms. The summed E-state index contributed by atoms with van der Waals surface area (Å²) >= 11 is 1.40. The molecule has 2 heterocycles. The van der Waals surface area contributed by atoms with E-state index in [0.29, 0.717) is 5.56 Å². The van der Waals surface area contributed by atoms with Crippen LogP contribution in [0, 0.1) is 5.92 Å². The van der Waals surface area contributed by atoms with Gasteiger partial charge in [0, 0.05) is 17.2 Å². The minimum Gasteiger partial charge on any atom is -0.460 e. The van der Waals surface area contributed by atoms with Gasteiger partial charge in [0.1, 0.15) is 18.6 Å². The molecule has 2 saturated heterocycles. The molecule has 3 rings (SSSR count). The van der Waals surface area contributed by atoms with Gasteiger partial charge in [-0.15, -0.1) is 11.8 Å². The van der Waals surface area contributed by atoms with E-state index in [-0.39, 0.29) is 6.61 Å². The zero-order valence-corrected chi connectivity index (χ0v) is 17.3. The highest BCUT2D eigenvalue weighted by molar-refractivity contribution is 8.01. The van der Waals surface area contributed by atoms with E-state index in [1.807, 2.05) is 13.8 Å². The second-order valence-corrected chi connectivity index (χ2v) is 9.24. The zero-order chi connectivity index (χ0) is 21.3. The van der Waals surface area contributed by atoms with Crippen molar-refractivity contribution >= 4 is 35.4 Å². The van der Waals surface area contributed by atoms with Crippen molar-refractivity contribution in [3.8, 4) is 0 Å². The molecule has 2 aliphatic heterocycles. The maximum absolute atomic E-state index is 13.0. The van der Waals surface area contributed by atoms with E-state index < -0.39 is 51.8 Å². The number of rotatable bonds is 7. The van der Waals surface area contributed by atoms with Crippen LogP contribution in [-0.2, 0) is 23.9 Å². The zero-order valence-electron chi connectivity index (χ0n) is 16.5.